The van der Waals surface area contributed by atoms with Crippen LogP contribution in [0.15, 0.2) is 0 Å². The van der Waals surface area contributed by atoms with Gasteiger partial charge < -0.3 is 0 Å². The largest absolute Gasteiger partial charge is 0.428 e. The average molecular weight is 131 g/mol. The maximum atomic E-state index is 11.2. The summed E-state index contributed by atoms with van der Waals surface area (Å²) in [5, 5.41) is -0.870. The minimum atomic E-state index is -3.48. The molecule has 0 aromatic heterocycles. The van der Waals surface area contributed by atoms with Crippen LogP contribution in [0.25, 0.3) is 0 Å². The molecule has 0 amide bonds. The van der Waals surface area contributed by atoms with Crippen molar-refractivity contribution in [3.63, 3.8) is 0 Å². The number of alkyl halides is 1. The highest BCUT2D eigenvalue weighted by Gasteiger charge is 2.13. The number of halogens is 3. The molecule has 0 aliphatic carbocycles. The molecule has 4 heteroatoms. The molecule has 0 heterocycles. The smallest absolute Gasteiger partial charge is 0.273 e. The van der Waals surface area contributed by atoms with E-state index in [1.165, 1.54) is 6.92 Å². The summed E-state index contributed by atoms with van der Waals surface area (Å²) in [4.78, 5) is 0. The highest BCUT2D eigenvalue weighted by molar-refractivity contribution is 6.57. The molecule has 0 nitrogen and oxygen atoms in total. The molecule has 0 aliphatic heterocycles. The van der Waals surface area contributed by atoms with Gasteiger partial charge in [-0.05, 0) is 6.92 Å². The van der Waals surface area contributed by atoms with Gasteiger partial charge in [-0.25, -0.2) is 0 Å². The van der Waals surface area contributed by atoms with E-state index in [0.717, 1.165) is 0 Å². The number of rotatable bonds is 1. The molecule has 1 atom stereocenters. The summed E-state index contributed by atoms with van der Waals surface area (Å²) in [6.45, 7) is 1.32. The van der Waals surface area contributed by atoms with E-state index in [1.54, 1.807) is 0 Å². The Labute approximate surface area is 42.1 Å². The molecule has 0 radical (unpaired) electrons. The normalized spacial score (nSPS) is 15.5. The first-order valence-corrected chi connectivity index (χ1v) is 3.54. The van der Waals surface area contributed by atoms with E-state index in [4.69, 9.17) is 11.6 Å². The molecule has 0 saturated heterocycles. The molecular formula is C2H5ClF2Si. The molecule has 0 rings (SSSR count). The first-order chi connectivity index (χ1) is 2.64. The van der Waals surface area contributed by atoms with E-state index in [2.05, 4.69) is 0 Å². The summed E-state index contributed by atoms with van der Waals surface area (Å²) in [5.41, 5.74) is 0. The van der Waals surface area contributed by atoms with Crippen LogP contribution in [0.1, 0.15) is 6.92 Å². The van der Waals surface area contributed by atoms with E-state index in [1.807, 2.05) is 0 Å². The van der Waals surface area contributed by atoms with Gasteiger partial charge in [0.2, 0.25) is 0 Å². The molecule has 0 aliphatic rings. The summed E-state index contributed by atoms with van der Waals surface area (Å²) in [7, 11) is -3.48. The molecule has 0 aromatic rings. The van der Waals surface area contributed by atoms with Gasteiger partial charge in [0.25, 0.3) is 0 Å². The lowest BCUT2D eigenvalue weighted by Crippen LogP contribution is -2.10. The van der Waals surface area contributed by atoms with Gasteiger partial charge in [-0.1, -0.05) is 0 Å². The van der Waals surface area contributed by atoms with E-state index in [-0.39, 0.29) is 0 Å². The second-order valence-corrected chi connectivity index (χ2v) is 3.79. The standard InChI is InChI=1S/C2H5ClF2Si/c1-2(3)6(4)5/h2,6H,1H3. The molecule has 0 bridgehead atoms. The Morgan fingerprint density at radius 2 is 1.83 bits per heavy atom. The van der Waals surface area contributed by atoms with Gasteiger partial charge in [0.05, 0.1) is 5.00 Å². The minimum Gasteiger partial charge on any atom is -0.273 e. The molecule has 0 aromatic carbocycles. The van der Waals surface area contributed by atoms with Crippen molar-refractivity contribution >= 4 is 21.1 Å². The van der Waals surface area contributed by atoms with Crippen molar-refractivity contribution in [2.75, 3.05) is 0 Å². The van der Waals surface area contributed by atoms with Gasteiger partial charge in [0.1, 0.15) is 0 Å². The quantitative estimate of drug-likeness (QED) is 0.285. The molecule has 38 valence electrons. The fraction of sp³-hybridized carbons (Fsp3) is 1.00. The van der Waals surface area contributed by atoms with Crippen LogP contribution < -0.4 is 0 Å². The Balaban J connectivity index is 2.99. The first-order valence-electron chi connectivity index (χ1n) is 1.57. The Kier molecular flexibility index (Phi) is 2.68. The van der Waals surface area contributed by atoms with Crippen LogP contribution in [0.5, 0.6) is 0 Å². The van der Waals surface area contributed by atoms with Gasteiger partial charge >= 0.3 is 9.46 Å². The molecular weight excluding hydrogens is 126 g/mol. The number of hydrogen-bond acceptors (Lipinski definition) is 0. The Bertz CT molecular complexity index is 32.5. The van der Waals surface area contributed by atoms with E-state index < -0.39 is 14.5 Å². The topological polar surface area (TPSA) is 0 Å². The Hall–Kier alpha value is 0.367. The molecule has 0 saturated carbocycles. The van der Waals surface area contributed by atoms with Crippen LogP contribution in [0, 0.1) is 0 Å². The predicted molar refractivity (Wildman–Crippen MR) is 24.7 cm³/mol. The van der Waals surface area contributed by atoms with Crippen LogP contribution in [0.2, 0.25) is 0 Å². The molecule has 0 fully saturated rings. The van der Waals surface area contributed by atoms with Gasteiger partial charge in [-0.3, -0.25) is 8.22 Å². The maximum Gasteiger partial charge on any atom is 0.428 e. The monoisotopic (exact) mass is 130 g/mol. The van der Waals surface area contributed by atoms with Crippen molar-refractivity contribution in [2.24, 2.45) is 0 Å². The van der Waals surface area contributed by atoms with E-state index in [9.17, 15) is 8.22 Å². The SMILES string of the molecule is CC(Cl)[SiH](F)F. The van der Waals surface area contributed by atoms with E-state index >= 15 is 0 Å². The summed E-state index contributed by atoms with van der Waals surface area (Å²) >= 11 is 4.92. The van der Waals surface area contributed by atoms with Crippen LogP contribution >= 0.6 is 11.6 Å². The predicted octanol–water partition coefficient (Wildman–Crippen LogP) is 1.31. The lowest BCUT2D eigenvalue weighted by Gasteiger charge is -1.91. The third-order valence-corrected chi connectivity index (χ3v) is 1.61. The van der Waals surface area contributed by atoms with Crippen LogP contribution in [-0.2, 0) is 0 Å². The fourth-order valence-corrected chi connectivity index (χ4v) is 0. The maximum absolute atomic E-state index is 11.2. The fourth-order valence-electron chi connectivity index (χ4n) is 0. The van der Waals surface area contributed by atoms with Crippen molar-refractivity contribution in [1.29, 1.82) is 0 Å². The highest BCUT2D eigenvalue weighted by Crippen LogP contribution is 2.00. The van der Waals surface area contributed by atoms with Gasteiger partial charge in [0, 0.05) is 0 Å². The Morgan fingerprint density at radius 1 is 1.67 bits per heavy atom. The number of hydrogen-bond donors (Lipinski definition) is 0. The molecule has 0 spiro atoms. The zero-order chi connectivity index (χ0) is 5.15. The van der Waals surface area contributed by atoms with Crippen molar-refractivity contribution < 1.29 is 8.22 Å². The van der Waals surface area contributed by atoms with Gasteiger partial charge in [-0.15, -0.1) is 11.6 Å². The summed E-state index contributed by atoms with van der Waals surface area (Å²) in [6, 6.07) is 0. The zero-order valence-corrected chi connectivity index (χ0v) is 5.20. The average Bonchev–Trinajstić information content (AvgIpc) is 1.36. The van der Waals surface area contributed by atoms with Crippen molar-refractivity contribution in [3.05, 3.63) is 0 Å². The summed E-state index contributed by atoms with van der Waals surface area (Å²) in [6.07, 6.45) is 0. The van der Waals surface area contributed by atoms with Gasteiger partial charge in [0.15, 0.2) is 0 Å². The van der Waals surface area contributed by atoms with Crippen LogP contribution in [0.4, 0.5) is 8.22 Å². The highest BCUT2D eigenvalue weighted by atomic mass is 35.5. The molecule has 6 heavy (non-hydrogen) atoms. The minimum absolute atomic E-state index is 0.870. The van der Waals surface area contributed by atoms with Crippen LogP contribution in [-0.4, -0.2) is 14.5 Å². The summed E-state index contributed by atoms with van der Waals surface area (Å²) < 4.78 is 22.3. The molecule has 1 unspecified atom stereocenters. The van der Waals surface area contributed by atoms with Crippen LogP contribution in [0.3, 0.4) is 0 Å². The lowest BCUT2D eigenvalue weighted by atomic mass is 11.0. The van der Waals surface area contributed by atoms with Crippen molar-refractivity contribution in [3.8, 4) is 0 Å². The van der Waals surface area contributed by atoms with Crippen molar-refractivity contribution in [2.45, 2.75) is 11.9 Å². The zero-order valence-electron chi connectivity index (χ0n) is 3.29. The van der Waals surface area contributed by atoms with E-state index in [0.29, 0.717) is 0 Å². The molecule has 0 N–H and O–H groups in total. The van der Waals surface area contributed by atoms with Gasteiger partial charge in [-0.2, -0.15) is 0 Å². The van der Waals surface area contributed by atoms with Crippen molar-refractivity contribution in [1.82, 2.24) is 0 Å². The lowest BCUT2D eigenvalue weighted by molar-refractivity contribution is 0.651. The second-order valence-electron chi connectivity index (χ2n) is 1.01. The Morgan fingerprint density at radius 3 is 1.83 bits per heavy atom. The second kappa shape index (κ2) is 2.52. The third-order valence-electron chi connectivity index (χ3n) is 0.347. The first kappa shape index (κ1) is 6.37. The third kappa shape index (κ3) is 2.60. The summed E-state index contributed by atoms with van der Waals surface area (Å²) in [5.74, 6) is 0.